The van der Waals surface area contributed by atoms with Crippen molar-refractivity contribution >= 4 is 5.96 Å². The summed E-state index contributed by atoms with van der Waals surface area (Å²) in [4.78, 5) is 10.9. The van der Waals surface area contributed by atoms with E-state index < -0.39 is 0 Å². The van der Waals surface area contributed by atoms with Gasteiger partial charge in [0.05, 0.1) is 6.61 Å². The Bertz CT molecular complexity index is 443. The number of hydrogen-bond donors (Lipinski definition) is 1. The molecule has 0 radical (unpaired) electrons. The lowest BCUT2D eigenvalue weighted by molar-refractivity contribution is 0.157. The van der Waals surface area contributed by atoms with Crippen LogP contribution in [0.2, 0.25) is 0 Å². The van der Waals surface area contributed by atoms with Gasteiger partial charge in [-0.1, -0.05) is 0 Å². The first-order chi connectivity index (χ1) is 9.74. The van der Waals surface area contributed by atoms with E-state index in [1.54, 1.807) is 7.11 Å². The fourth-order valence-electron chi connectivity index (χ4n) is 2.66. The van der Waals surface area contributed by atoms with Crippen LogP contribution in [-0.2, 0) is 11.3 Å². The number of hydrogen-bond acceptors (Lipinski definition) is 3. The topological polar surface area (TPSA) is 54.7 Å². The maximum atomic E-state index is 5.23. The van der Waals surface area contributed by atoms with Crippen LogP contribution in [0.25, 0.3) is 0 Å². The lowest BCUT2D eigenvalue weighted by Gasteiger charge is -2.21. The van der Waals surface area contributed by atoms with Gasteiger partial charge in [-0.05, 0) is 13.3 Å². The van der Waals surface area contributed by atoms with Crippen LogP contribution in [0, 0.1) is 12.8 Å². The molecule has 0 spiro atoms. The molecular weight excluding hydrogens is 254 g/mol. The average Bonchev–Trinajstić information content (AvgIpc) is 3.05. The molecule has 6 nitrogen and oxygen atoms in total. The van der Waals surface area contributed by atoms with Crippen molar-refractivity contribution in [3.05, 3.63) is 18.2 Å². The quantitative estimate of drug-likeness (QED) is 0.638. The van der Waals surface area contributed by atoms with Crippen LogP contribution >= 0.6 is 0 Å². The summed E-state index contributed by atoms with van der Waals surface area (Å²) in [6, 6.07) is 0. The molecular formula is C14H25N5O. The van der Waals surface area contributed by atoms with Crippen LogP contribution in [0.4, 0.5) is 0 Å². The summed E-state index contributed by atoms with van der Waals surface area (Å²) in [6.07, 6.45) is 5.01. The van der Waals surface area contributed by atoms with Crippen molar-refractivity contribution in [1.82, 2.24) is 19.8 Å². The van der Waals surface area contributed by atoms with Crippen LogP contribution in [-0.4, -0.2) is 60.8 Å². The molecule has 1 saturated heterocycles. The Hall–Kier alpha value is -1.56. The Labute approximate surface area is 120 Å². The second-order valence-corrected chi connectivity index (χ2v) is 5.20. The number of nitrogens with zero attached hydrogens (tertiary/aromatic N) is 4. The highest BCUT2D eigenvalue weighted by atomic mass is 16.5. The third kappa shape index (κ3) is 3.72. The van der Waals surface area contributed by atoms with Crippen molar-refractivity contribution in [3.63, 3.8) is 0 Å². The summed E-state index contributed by atoms with van der Waals surface area (Å²) < 4.78 is 7.37. The van der Waals surface area contributed by atoms with Crippen LogP contribution in [0.5, 0.6) is 0 Å². The number of imidazole rings is 1. The minimum Gasteiger partial charge on any atom is -0.384 e. The lowest BCUT2D eigenvalue weighted by atomic mass is 10.1. The molecule has 1 N–H and O–H groups in total. The molecule has 2 heterocycles. The van der Waals surface area contributed by atoms with Crippen molar-refractivity contribution in [2.45, 2.75) is 19.9 Å². The molecule has 1 aromatic rings. The Balaban J connectivity index is 1.77. The molecule has 0 amide bonds. The molecule has 0 aromatic carbocycles. The highest BCUT2D eigenvalue weighted by Crippen LogP contribution is 2.16. The maximum absolute atomic E-state index is 5.23. The molecule has 0 bridgehead atoms. The van der Waals surface area contributed by atoms with Crippen LogP contribution < -0.4 is 5.32 Å². The summed E-state index contributed by atoms with van der Waals surface area (Å²) in [5.74, 6) is 2.65. The number of nitrogens with one attached hydrogen (secondary N) is 1. The van der Waals surface area contributed by atoms with E-state index in [1.807, 2.05) is 26.4 Å². The minimum absolute atomic E-state index is 0.620. The predicted molar refractivity (Wildman–Crippen MR) is 79.9 cm³/mol. The van der Waals surface area contributed by atoms with E-state index in [4.69, 9.17) is 4.74 Å². The molecule has 112 valence electrons. The molecule has 1 atom stereocenters. The number of likely N-dealkylation sites (tertiary alicyclic amines) is 1. The molecule has 2 rings (SSSR count). The molecule has 6 heteroatoms. The Morgan fingerprint density at radius 1 is 1.60 bits per heavy atom. The Morgan fingerprint density at radius 3 is 3.10 bits per heavy atom. The number of rotatable bonds is 5. The van der Waals surface area contributed by atoms with E-state index in [2.05, 4.69) is 24.8 Å². The van der Waals surface area contributed by atoms with E-state index in [1.165, 1.54) is 6.42 Å². The van der Waals surface area contributed by atoms with Gasteiger partial charge >= 0.3 is 0 Å². The predicted octanol–water partition coefficient (Wildman–Crippen LogP) is 0.735. The van der Waals surface area contributed by atoms with Gasteiger partial charge in [-0.3, -0.25) is 4.99 Å². The fourth-order valence-corrected chi connectivity index (χ4v) is 2.66. The van der Waals surface area contributed by atoms with Gasteiger partial charge in [0.1, 0.15) is 5.82 Å². The van der Waals surface area contributed by atoms with Gasteiger partial charge in [-0.25, -0.2) is 4.98 Å². The van der Waals surface area contributed by atoms with Crippen LogP contribution in [0.15, 0.2) is 17.4 Å². The van der Waals surface area contributed by atoms with Gasteiger partial charge in [-0.2, -0.15) is 0 Å². The van der Waals surface area contributed by atoms with Crippen molar-refractivity contribution in [1.29, 1.82) is 0 Å². The summed E-state index contributed by atoms with van der Waals surface area (Å²) in [5.41, 5.74) is 0. The monoisotopic (exact) mass is 279 g/mol. The van der Waals surface area contributed by atoms with E-state index in [-0.39, 0.29) is 0 Å². The third-order valence-electron chi connectivity index (χ3n) is 3.76. The zero-order valence-electron chi connectivity index (χ0n) is 12.7. The molecule has 0 saturated carbocycles. The van der Waals surface area contributed by atoms with Gasteiger partial charge in [-0.15, -0.1) is 0 Å². The first-order valence-corrected chi connectivity index (χ1v) is 7.17. The number of aryl methyl sites for hydroxylation is 1. The number of ether oxygens (including phenoxy) is 1. The van der Waals surface area contributed by atoms with E-state index >= 15 is 0 Å². The molecule has 20 heavy (non-hydrogen) atoms. The first kappa shape index (κ1) is 14.8. The first-order valence-electron chi connectivity index (χ1n) is 7.17. The summed E-state index contributed by atoms with van der Waals surface area (Å²) in [7, 11) is 3.61. The molecule has 0 aliphatic carbocycles. The van der Waals surface area contributed by atoms with E-state index in [9.17, 15) is 0 Å². The van der Waals surface area contributed by atoms with Crippen molar-refractivity contribution in [2.75, 3.05) is 40.4 Å². The second kappa shape index (κ2) is 7.28. The minimum atomic E-state index is 0.620. The highest BCUT2D eigenvalue weighted by molar-refractivity contribution is 5.80. The normalized spacial score (nSPS) is 19.6. The number of aliphatic imine (C=N–C) groups is 1. The number of guanidine groups is 1. The standard InChI is InChI=1S/C14H25N5O/c1-12-16-5-8-18(12)9-6-17-14(15-2)19-7-4-13(10-19)11-20-3/h5,8,13H,4,6-7,9-11H2,1-3H3,(H,15,17). The van der Waals surface area contributed by atoms with E-state index in [0.29, 0.717) is 5.92 Å². The molecule has 1 aromatic heterocycles. The Morgan fingerprint density at radius 2 is 2.45 bits per heavy atom. The molecule has 1 unspecified atom stereocenters. The summed E-state index contributed by atoms with van der Waals surface area (Å²) >= 11 is 0. The van der Waals surface area contributed by atoms with Crippen LogP contribution in [0.3, 0.4) is 0 Å². The zero-order chi connectivity index (χ0) is 14.4. The largest absolute Gasteiger partial charge is 0.384 e. The molecule has 1 aliphatic rings. The summed E-state index contributed by atoms with van der Waals surface area (Å²) in [5, 5.41) is 3.43. The Kier molecular flexibility index (Phi) is 5.40. The SMILES string of the molecule is CN=C(NCCn1ccnc1C)N1CCC(COC)C1. The van der Waals surface area contributed by atoms with Crippen molar-refractivity contribution in [2.24, 2.45) is 10.9 Å². The third-order valence-corrected chi connectivity index (χ3v) is 3.76. The second-order valence-electron chi connectivity index (χ2n) is 5.20. The smallest absolute Gasteiger partial charge is 0.193 e. The molecule has 1 fully saturated rings. The van der Waals surface area contributed by atoms with E-state index in [0.717, 1.165) is 44.6 Å². The molecule has 1 aliphatic heterocycles. The zero-order valence-corrected chi connectivity index (χ0v) is 12.7. The maximum Gasteiger partial charge on any atom is 0.193 e. The van der Waals surface area contributed by atoms with Gasteiger partial charge in [0.2, 0.25) is 0 Å². The van der Waals surface area contributed by atoms with Gasteiger partial charge in [0.15, 0.2) is 5.96 Å². The lowest BCUT2D eigenvalue weighted by Crippen LogP contribution is -2.41. The fraction of sp³-hybridized carbons (Fsp3) is 0.714. The number of methoxy groups -OCH3 is 1. The van der Waals surface area contributed by atoms with Gasteiger partial charge in [0.25, 0.3) is 0 Å². The van der Waals surface area contributed by atoms with Crippen molar-refractivity contribution in [3.8, 4) is 0 Å². The van der Waals surface area contributed by atoms with Crippen molar-refractivity contribution < 1.29 is 4.74 Å². The summed E-state index contributed by atoms with van der Waals surface area (Å²) in [6.45, 7) is 6.69. The number of aromatic nitrogens is 2. The van der Waals surface area contributed by atoms with Crippen LogP contribution in [0.1, 0.15) is 12.2 Å². The van der Waals surface area contributed by atoms with Gasteiger partial charge < -0.3 is 19.5 Å². The average molecular weight is 279 g/mol. The van der Waals surface area contributed by atoms with Gasteiger partial charge in [0, 0.05) is 58.6 Å². The highest BCUT2D eigenvalue weighted by Gasteiger charge is 2.24.